The molecular weight excluding hydrogens is 213 g/mol. The lowest BCUT2D eigenvalue weighted by molar-refractivity contribution is 0.476. The maximum absolute atomic E-state index is 13.8. The lowest BCUT2D eigenvalue weighted by Gasteiger charge is -2.18. The van der Waals surface area contributed by atoms with Crippen molar-refractivity contribution in [2.45, 2.75) is 46.1 Å². The van der Waals surface area contributed by atoms with Crippen molar-refractivity contribution in [3.05, 3.63) is 41.2 Å². The summed E-state index contributed by atoms with van der Waals surface area (Å²) in [7, 11) is 0. The lowest BCUT2D eigenvalue weighted by Crippen LogP contribution is -2.32. The van der Waals surface area contributed by atoms with Crippen LogP contribution in [0.15, 0.2) is 18.7 Å². The molecule has 1 aromatic rings. The van der Waals surface area contributed by atoms with Crippen LogP contribution in [-0.4, -0.2) is 5.54 Å². The smallest absolute Gasteiger partial charge is 0.133 e. The van der Waals surface area contributed by atoms with Gasteiger partial charge in [-0.15, -0.1) is 0 Å². The monoisotopic (exact) mass is 235 g/mol. The number of halogens is 1. The molecule has 0 bridgehead atoms. The zero-order valence-electron chi connectivity index (χ0n) is 11.2. The standard InChI is InChI=1S/C15H22FN/c1-10(2)13-9-12(6-7-15(4,5)17)8-11(3)14(13)16/h8-9H,1,6-7,17H2,2-5H3. The van der Waals surface area contributed by atoms with Gasteiger partial charge in [-0.2, -0.15) is 0 Å². The minimum Gasteiger partial charge on any atom is -0.326 e. The normalized spacial score (nSPS) is 11.6. The number of rotatable bonds is 4. The van der Waals surface area contributed by atoms with E-state index in [4.69, 9.17) is 5.73 Å². The first-order valence-electron chi connectivity index (χ1n) is 5.94. The van der Waals surface area contributed by atoms with Crippen LogP contribution < -0.4 is 5.73 Å². The molecule has 0 aliphatic carbocycles. The van der Waals surface area contributed by atoms with Gasteiger partial charge in [0.2, 0.25) is 0 Å². The van der Waals surface area contributed by atoms with E-state index in [9.17, 15) is 4.39 Å². The van der Waals surface area contributed by atoms with Gasteiger partial charge in [0.15, 0.2) is 0 Å². The van der Waals surface area contributed by atoms with Gasteiger partial charge in [-0.25, -0.2) is 4.39 Å². The molecule has 0 radical (unpaired) electrons. The van der Waals surface area contributed by atoms with Crippen LogP contribution in [0, 0.1) is 12.7 Å². The number of hydrogen-bond acceptors (Lipinski definition) is 1. The zero-order valence-corrected chi connectivity index (χ0v) is 11.2. The van der Waals surface area contributed by atoms with Crippen LogP contribution in [0.5, 0.6) is 0 Å². The molecule has 1 aromatic carbocycles. The molecule has 94 valence electrons. The molecule has 1 rings (SSSR count). The first-order chi connectivity index (χ1) is 7.70. The Bertz CT molecular complexity index is 427. The van der Waals surface area contributed by atoms with Crippen molar-refractivity contribution < 1.29 is 4.39 Å². The van der Waals surface area contributed by atoms with E-state index in [1.54, 1.807) is 6.92 Å². The van der Waals surface area contributed by atoms with Gasteiger partial charge in [0.25, 0.3) is 0 Å². The third-order valence-electron chi connectivity index (χ3n) is 2.83. The van der Waals surface area contributed by atoms with Crippen molar-refractivity contribution in [2.24, 2.45) is 5.73 Å². The van der Waals surface area contributed by atoms with E-state index in [1.807, 2.05) is 32.9 Å². The van der Waals surface area contributed by atoms with E-state index in [-0.39, 0.29) is 11.4 Å². The quantitative estimate of drug-likeness (QED) is 0.843. The van der Waals surface area contributed by atoms with Crippen molar-refractivity contribution in [3.8, 4) is 0 Å². The minimum absolute atomic E-state index is 0.159. The highest BCUT2D eigenvalue weighted by molar-refractivity contribution is 5.63. The summed E-state index contributed by atoms with van der Waals surface area (Å²) in [6.45, 7) is 11.4. The van der Waals surface area contributed by atoms with Crippen LogP contribution >= 0.6 is 0 Å². The van der Waals surface area contributed by atoms with Gasteiger partial charge in [-0.05, 0) is 63.3 Å². The van der Waals surface area contributed by atoms with E-state index in [1.165, 1.54) is 0 Å². The zero-order chi connectivity index (χ0) is 13.2. The van der Waals surface area contributed by atoms with E-state index in [0.717, 1.165) is 24.0 Å². The van der Waals surface area contributed by atoms with Gasteiger partial charge < -0.3 is 5.73 Å². The Hall–Kier alpha value is -1.15. The molecule has 0 aliphatic rings. The first-order valence-corrected chi connectivity index (χ1v) is 5.94. The summed E-state index contributed by atoms with van der Waals surface area (Å²) in [5.41, 5.74) is 8.95. The van der Waals surface area contributed by atoms with Gasteiger partial charge >= 0.3 is 0 Å². The fraction of sp³-hybridized carbons (Fsp3) is 0.467. The largest absolute Gasteiger partial charge is 0.326 e. The third-order valence-corrected chi connectivity index (χ3v) is 2.83. The molecule has 1 nitrogen and oxygen atoms in total. The molecule has 0 heterocycles. The van der Waals surface area contributed by atoms with Crippen molar-refractivity contribution in [3.63, 3.8) is 0 Å². The highest BCUT2D eigenvalue weighted by Crippen LogP contribution is 2.23. The van der Waals surface area contributed by atoms with Crippen molar-refractivity contribution in [1.82, 2.24) is 0 Å². The summed E-state index contributed by atoms with van der Waals surface area (Å²) in [5.74, 6) is -0.159. The van der Waals surface area contributed by atoms with Crippen molar-refractivity contribution in [1.29, 1.82) is 0 Å². The van der Waals surface area contributed by atoms with Gasteiger partial charge in [0, 0.05) is 11.1 Å². The predicted molar refractivity (Wildman–Crippen MR) is 72.4 cm³/mol. The highest BCUT2D eigenvalue weighted by Gasteiger charge is 2.13. The Morgan fingerprint density at radius 2 is 2.00 bits per heavy atom. The summed E-state index contributed by atoms with van der Waals surface area (Å²) in [6.07, 6.45) is 1.75. The summed E-state index contributed by atoms with van der Waals surface area (Å²) >= 11 is 0. The molecule has 0 spiro atoms. The first kappa shape index (κ1) is 13.9. The van der Waals surface area contributed by atoms with Crippen LogP contribution in [0.2, 0.25) is 0 Å². The molecule has 0 saturated heterocycles. The Morgan fingerprint density at radius 3 is 2.47 bits per heavy atom. The summed E-state index contributed by atoms with van der Waals surface area (Å²) in [4.78, 5) is 0. The number of allylic oxidation sites excluding steroid dienone is 1. The third kappa shape index (κ3) is 3.97. The summed E-state index contributed by atoms with van der Waals surface area (Å²) < 4.78 is 13.8. The van der Waals surface area contributed by atoms with Crippen molar-refractivity contribution >= 4 is 5.57 Å². The molecule has 0 amide bonds. The fourth-order valence-electron chi connectivity index (χ4n) is 1.77. The lowest BCUT2D eigenvalue weighted by atomic mass is 9.93. The van der Waals surface area contributed by atoms with E-state index < -0.39 is 0 Å². The fourth-order valence-corrected chi connectivity index (χ4v) is 1.77. The number of nitrogens with two attached hydrogens (primary N) is 1. The summed E-state index contributed by atoms with van der Waals surface area (Å²) in [5, 5.41) is 0. The maximum atomic E-state index is 13.8. The van der Waals surface area contributed by atoms with Crippen molar-refractivity contribution in [2.75, 3.05) is 0 Å². The SMILES string of the molecule is C=C(C)c1cc(CCC(C)(C)N)cc(C)c1F. The molecule has 0 unspecified atom stereocenters. The molecule has 0 fully saturated rings. The summed E-state index contributed by atoms with van der Waals surface area (Å²) in [6, 6.07) is 3.78. The van der Waals surface area contributed by atoms with E-state index in [2.05, 4.69) is 6.58 Å². The second-order valence-electron chi connectivity index (χ2n) is 5.54. The molecular formula is C15H22FN. The predicted octanol–water partition coefficient (Wildman–Crippen LogP) is 3.84. The van der Waals surface area contributed by atoms with E-state index in [0.29, 0.717) is 11.1 Å². The van der Waals surface area contributed by atoms with Crippen LogP contribution in [0.4, 0.5) is 4.39 Å². The second kappa shape index (κ2) is 5.01. The highest BCUT2D eigenvalue weighted by atomic mass is 19.1. The average molecular weight is 235 g/mol. The molecule has 0 saturated carbocycles. The van der Waals surface area contributed by atoms with Gasteiger partial charge in [-0.1, -0.05) is 12.6 Å². The van der Waals surface area contributed by atoms with Crippen LogP contribution in [0.3, 0.4) is 0 Å². The Kier molecular flexibility index (Phi) is 4.10. The number of benzene rings is 1. The van der Waals surface area contributed by atoms with Gasteiger partial charge in [0.1, 0.15) is 5.82 Å². The molecule has 2 N–H and O–H groups in total. The van der Waals surface area contributed by atoms with Gasteiger partial charge in [0.05, 0.1) is 0 Å². The molecule has 0 aliphatic heterocycles. The maximum Gasteiger partial charge on any atom is 0.133 e. The van der Waals surface area contributed by atoms with E-state index >= 15 is 0 Å². The molecule has 2 heteroatoms. The topological polar surface area (TPSA) is 26.0 Å². The van der Waals surface area contributed by atoms with Crippen LogP contribution in [0.25, 0.3) is 5.57 Å². The number of aryl methyl sites for hydroxylation is 2. The van der Waals surface area contributed by atoms with Gasteiger partial charge in [-0.3, -0.25) is 0 Å². The molecule has 0 atom stereocenters. The molecule has 0 aromatic heterocycles. The Labute approximate surface area is 104 Å². The Morgan fingerprint density at radius 1 is 1.41 bits per heavy atom. The van der Waals surface area contributed by atoms with Crippen LogP contribution in [0.1, 0.15) is 43.9 Å². The van der Waals surface area contributed by atoms with Crippen LogP contribution in [-0.2, 0) is 6.42 Å². The molecule has 17 heavy (non-hydrogen) atoms. The second-order valence-corrected chi connectivity index (χ2v) is 5.54. The average Bonchev–Trinajstić information content (AvgIpc) is 2.18. The Balaban J connectivity index is 2.99. The number of hydrogen-bond donors (Lipinski definition) is 1. The minimum atomic E-state index is -0.189.